The van der Waals surface area contributed by atoms with Crippen molar-refractivity contribution >= 4 is 27.8 Å². The molecule has 2 rings (SSSR count). The molecule has 1 aromatic rings. The van der Waals surface area contributed by atoms with Gasteiger partial charge in [-0.3, -0.25) is 9.69 Å². The van der Waals surface area contributed by atoms with Gasteiger partial charge in [-0.1, -0.05) is 6.92 Å². The topological polar surface area (TPSA) is 38.8 Å². The monoisotopic (exact) mass is 381 g/mol. The lowest BCUT2D eigenvalue weighted by Crippen LogP contribution is -2.36. The summed E-state index contributed by atoms with van der Waals surface area (Å²) < 4.78 is 11.8. The molecular weight excluding hydrogens is 358 g/mol. The highest BCUT2D eigenvalue weighted by Crippen LogP contribution is 2.37. The molecule has 0 bridgehead atoms. The average Bonchev–Trinajstić information content (AvgIpc) is 2.51. The van der Waals surface area contributed by atoms with Gasteiger partial charge in [-0.15, -0.1) is 0 Å². The van der Waals surface area contributed by atoms with Gasteiger partial charge < -0.3 is 9.47 Å². The van der Waals surface area contributed by atoms with E-state index in [2.05, 4.69) is 27.8 Å². The largest absolute Gasteiger partial charge is 0.492 e. The SMILES string of the molecule is CCCN1CCC(=O)/C(=C/c2cc(Br)c(OC)c(OCC)c2)C1. The zero-order valence-corrected chi connectivity index (χ0v) is 15.6. The van der Waals surface area contributed by atoms with Gasteiger partial charge in [-0.05, 0) is 59.6 Å². The molecule has 5 heteroatoms. The number of piperidine rings is 1. The molecule has 0 spiro atoms. The lowest BCUT2D eigenvalue weighted by molar-refractivity contribution is -0.117. The lowest BCUT2D eigenvalue weighted by Gasteiger charge is -2.27. The fourth-order valence-corrected chi connectivity index (χ4v) is 3.42. The number of benzene rings is 1. The van der Waals surface area contributed by atoms with Crippen molar-refractivity contribution in [1.29, 1.82) is 0 Å². The first-order valence-corrected chi connectivity index (χ1v) is 8.84. The average molecular weight is 382 g/mol. The summed E-state index contributed by atoms with van der Waals surface area (Å²) in [6, 6.07) is 3.88. The van der Waals surface area contributed by atoms with Crippen LogP contribution in [0, 0.1) is 0 Å². The number of likely N-dealkylation sites (tertiary alicyclic amines) is 1. The second kappa shape index (κ2) is 8.50. The van der Waals surface area contributed by atoms with Gasteiger partial charge in [0.15, 0.2) is 17.3 Å². The van der Waals surface area contributed by atoms with E-state index in [1.165, 1.54) is 0 Å². The number of ketones is 1. The number of nitrogens with zero attached hydrogens (tertiary/aromatic N) is 1. The molecule has 1 aliphatic rings. The molecule has 1 aromatic carbocycles. The predicted octanol–water partition coefficient (Wildman–Crippen LogP) is 3.92. The van der Waals surface area contributed by atoms with E-state index in [9.17, 15) is 4.79 Å². The fraction of sp³-hybridized carbons (Fsp3) is 0.500. The summed E-state index contributed by atoms with van der Waals surface area (Å²) >= 11 is 3.52. The number of carbonyl (C=O) groups is 1. The molecule has 1 saturated heterocycles. The molecule has 0 N–H and O–H groups in total. The molecule has 1 fully saturated rings. The van der Waals surface area contributed by atoms with Crippen LogP contribution in [0.5, 0.6) is 11.5 Å². The smallest absolute Gasteiger partial charge is 0.174 e. The Balaban J connectivity index is 2.31. The molecule has 4 nitrogen and oxygen atoms in total. The molecule has 1 heterocycles. The van der Waals surface area contributed by atoms with Gasteiger partial charge >= 0.3 is 0 Å². The number of carbonyl (C=O) groups excluding carboxylic acids is 1. The van der Waals surface area contributed by atoms with E-state index < -0.39 is 0 Å². The summed E-state index contributed by atoms with van der Waals surface area (Å²) in [5.41, 5.74) is 1.81. The minimum Gasteiger partial charge on any atom is -0.492 e. The Kier molecular flexibility index (Phi) is 6.66. The van der Waals surface area contributed by atoms with Crippen LogP contribution in [0.25, 0.3) is 6.08 Å². The van der Waals surface area contributed by atoms with Crippen LogP contribution in [0.3, 0.4) is 0 Å². The maximum atomic E-state index is 12.2. The van der Waals surface area contributed by atoms with E-state index in [1.54, 1.807) is 7.11 Å². The Bertz CT molecular complexity index is 598. The molecule has 0 amide bonds. The van der Waals surface area contributed by atoms with Crippen molar-refractivity contribution in [1.82, 2.24) is 4.90 Å². The highest BCUT2D eigenvalue weighted by Gasteiger charge is 2.21. The summed E-state index contributed by atoms with van der Waals surface area (Å²) in [6.45, 7) is 7.27. The summed E-state index contributed by atoms with van der Waals surface area (Å²) in [5, 5.41) is 0. The third-order valence-electron chi connectivity index (χ3n) is 3.82. The second-order valence-corrected chi connectivity index (χ2v) is 6.44. The van der Waals surface area contributed by atoms with Gasteiger partial charge in [0.25, 0.3) is 0 Å². The van der Waals surface area contributed by atoms with Gasteiger partial charge in [0.05, 0.1) is 18.2 Å². The van der Waals surface area contributed by atoms with Crippen LogP contribution < -0.4 is 9.47 Å². The Morgan fingerprint density at radius 3 is 2.78 bits per heavy atom. The first kappa shape index (κ1) is 18.0. The van der Waals surface area contributed by atoms with E-state index in [1.807, 2.05) is 25.1 Å². The normalized spacial score (nSPS) is 17.6. The maximum absolute atomic E-state index is 12.2. The summed E-state index contributed by atoms with van der Waals surface area (Å²) in [7, 11) is 1.62. The fourth-order valence-electron chi connectivity index (χ4n) is 2.80. The molecule has 1 aliphatic heterocycles. The van der Waals surface area contributed by atoms with E-state index >= 15 is 0 Å². The van der Waals surface area contributed by atoms with Crippen LogP contribution in [0.15, 0.2) is 22.2 Å². The number of Topliss-reactive ketones (excluding diaryl/α,β-unsaturated/α-hetero) is 1. The van der Waals surface area contributed by atoms with Crippen molar-refractivity contribution < 1.29 is 14.3 Å². The molecule has 0 aromatic heterocycles. The first-order valence-electron chi connectivity index (χ1n) is 8.05. The molecular formula is C18H24BrNO3. The lowest BCUT2D eigenvalue weighted by atomic mass is 10.00. The molecule has 0 saturated carbocycles. The maximum Gasteiger partial charge on any atom is 0.174 e. The van der Waals surface area contributed by atoms with Gasteiger partial charge in [-0.25, -0.2) is 0 Å². The Labute approximate surface area is 146 Å². The van der Waals surface area contributed by atoms with Crippen molar-refractivity contribution in [3.05, 3.63) is 27.7 Å². The minimum atomic E-state index is 0.238. The highest BCUT2D eigenvalue weighted by atomic mass is 79.9. The van der Waals surface area contributed by atoms with Crippen LogP contribution in [0.2, 0.25) is 0 Å². The third-order valence-corrected chi connectivity index (χ3v) is 4.41. The van der Waals surface area contributed by atoms with Gasteiger partial charge in [0, 0.05) is 25.1 Å². The number of hydrogen-bond acceptors (Lipinski definition) is 4. The summed E-state index contributed by atoms with van der Waals surface area (Å²) in [5.74, 6) is 1.60. The molecule has 126 valence electrons. The highest BCUT2D eigenvalue weighted by molar-refractivity contribution is 9.10. The van der Waals surface area contributed by atoms with Crippen molar-refractivity contribution in [2.75, 3.05) is 33.4 Å². The van der Waals surface area contributed by atoms with Crippen molar-refractivity contribution in [2.45, 2.75) is 26.7 Å². The zero-order valence-electron chi connectivity index (χ0n) is 14.0. The number of ether oxygens (including phenoxy) is 2. The van der Waals surface area contributed by atoms with Crippen LogP contribution in [-0.2, 0) is 4.79 Å². The number of hydrogen-bond donors (Lipinski definition) is 0. The molecule has 0 atom stereocenters. The standard InChI is InChI=1S/C18H24BrNO3/c1-4-7-20-8-6-16(21)14(12-20)9-13-10-15(19)18(22-3)17(11-13)23-5-2/h9-11H,4-8,12H2,1-3H3/b14-9+. The molecule has 0 aliphatic carbocycles. The van der Waals surface area contributed by atoms with Crippen LogP contribution >= 0.6 is 15.9 Å². The van der Waals surface area contributed by atoms with Crippen molar-refractivity contribution in [2.24, 2.45) is 0 Å². The first-order chi connectivity index (χ1) is 11.1. The summed E-state index contributed by atoms with van der Waals surface area (Å²) in [4.78, 5) is 14.5. The van der Waals surface area contributed by atoms with Crippen LogP contribution in [0.4, 0.5) is 0 Å². The summed E-state index contributed by atoms with van der Waals surface area (Å²) in [6.07, 6.45) is 3.67. The number of methoxy groups -OCH3 is 1. The predicted molar refractivity (Wildman–Crippen MR) is 96.2 cm³/mol. The third kappa shape index (κ3) is 4.58. The minimum absolute atomic E-state index is 0.238. The van der Waals surface area contributed by atoms with Crippen LogP contribution in [-0.4, -0.2) is 44.0 Å². The molecule has 0 radical (unpaired) electrons. The van der Waals surface area contributed by atoms with Gasteiger partial charge in [-0.2, -0.15) is 0 Å². The van der Waals surface area contributed by atoms with Crippen molar-refractivity contribution in [3.8, 4) is 11.5 Å². The number of rotatable bonds is 6. The number of halogens is 1. The van der Waals surface area contributed by atoms with E-state index in [0.29, 0.717) is 24.5 Å². The molecule has 0 unspecified atom stereocenters. The Morgan fingerprint density at radius 1 is 1.35 bits per heavy atom. The van der Waals surface area contributed by atoms with Crippen molar-refractivity contribution in [3.63, 3.8) is 0 Å². The Morgan fingerprint density at radius 2 is 2.13 bits per heavy atom. The van der Waals surface area contributed by atoms with Crippen LogP contribution in [0.1, 0.15) is 32.3 Å². The van der Waals surface area contributed by atoms with Gasteiger partial charge in [0.2, 0.25) is 0 Å². The van der Waals surface area contributed by atoms with E-state index in [4.69, 9.17) is 9.47 Å². The quantitative estimate of drug-likeness (QED) is 0.699. The second-order valence-electron chi connectivity index (χ2n) is 5.59. The Hall–Kier alpha value is -1.33. The molecule has 23 heavy (non-hydrogen) atoms. The zero-order chi connectivity index (χ0) is 16.8. The van der Waals surface area contributed by atoms with E-state index in [-0.39, 0.29) is 5.78 Å². The van der Waals surface area contributed by atoms with Gasteiger partial charge in [0.1, 0.15) is 0 Å². The van der Waals surface area contributed by atoms with E-state index in [0.717, 1.165) is 41.7 Å².